The van der Waals surface area contributed by atoms with Crippen molar-refractivity contribution in [3.05, 3.63) is 59.4 Å². The third-order valence-corrected chi connectivity index (χ3v) is 4.97. The number of hydrogen-bond acceptors (Lipinski definition) is 5. The summed E-state index contributed by atoms with van der Waals surface area (Å²) in [5, 5.41) is 9.93. The average molecular weight is 477 g/mol. The summed E-state index contributed by atoms with van der Waals surface area (Å²) in [6, 6.07) is 8.13. The second-order valence-corrected chi connectivity index (χ2v) is 7.14. The minimum absolute atomic E-state index is 0.137. The molecule has 34 heavy (non-hydrogen) atoms. The molecule has 2 aliphatic rings. The van der Waals surface area contributed by atoms with Crippen LogP contribution in [-0.2, 0) is 9.59 Å². The van der Waals surface area contributed by atoms with Crippen LogP contribution in [0.2, 0.25) is 0 Å². The van der Waals surface area contributed by atoms with E-state index in [2.05, 4.69) is 15.3 Å². The number of aliphatic carboxylic acids is 1. The lowest BCUT2D eigenvalue weighted by atomic mass is 9.93. The van der Waals surface area contributed by atoms with E-state index in [1.165, 1.54) is 6.07 Å². The molecule has 0 aliphatic carbocycles. The summed E-state index contributed by atoms with van der Waals surface area (Å²) in [6.45, 7) is 2.00. The van der Waals surface area contributed by atoms with Gasteiger partial charge in [0.2, 0.25) is 6.79 Å². The summed E-state index contributed by atoms with van der Waals surface area (Å²) in [5.74, 6) is -2.31. The molecule has 2 aromatic carbocycles. The number of aromatic nitrogens is 2. The van der Waals surface area contributed by atoms with Gasteiger partial charge in [0.25, 0.3) is 5.91 Å². The van der Waals surface area contributed by atoms with Gasteiger partial charge in [0.1, 0.15) is 5.82 Å². The van der Waals surface area contributed by atoms with Gasteiger partial charge in [0, 0.05) is 22.5 Å². The summed E-state index contributed by atoms with van der Waals surface area (Å²) in [5.41, 5.74) is 3.85. The van der Waals surface area contributed by atoms with E-state index >= 15 is 0 Å². The van der Waals surface area contributed by atoms with E-state index in [1.807, 2.05) is 6.92 Å². The molecular weight excluding hydrogens is 462 g/mol. The van der Waals surface area contributed by atoms with E-state index in [0.29, 0.717) is 45.1 Å². The van der Waals surface area contributed by atoms with Crippen molar-refractivity contribution in [3.8, 4) is 22.6 Å². The van der Waals surface area contributed by atoms with Crippen molar-refractivity contribution in [2.24, 2.45) is 0 Å². The van der Waals surface area contributed by atoms with Gasteiger partial charge in [-0.3, -0.25) is 4.79 Å². The second-order valence-electron chi connectivity index (χ2n) is 7.14. The van der Waals surface area contributed by atoms with Crippen LogP contribution in [0.3, 0.4) is 0 Å². The molecule has 0 saturated heterocycles. The molecule has 3 aromatic rings. The number of carboxylic acid groups (broad SMARTS) is 1. The molecule has 0 radical (unpaired) electrons. The van der Waals surface area contributed by atoms with Gasteiger partial charge < -0.3 is 24.9 Å². The minimum atomic E-state index is -5.08. The molecule has 5 rings (SSSR count). The molecular formula is C22H15F4N3O5. The smallest absolute Gasteiger partial charge is 0.475 e. The SMILES string of the molecule is Cc1[nH]cnc1/C=C1\C(=O)Nc2ccc(F)c(-c3ccc4c(c3)OCO4)c21.O=C(O)C(F)(F)F. The Balaban J connectivity index is 0.000000344. The highest BCUT2D eigenvalue weighted by Crippen LogP contribution is 2.44. The molecule has 12 heteroatoms. The number of fused-ring (bicyclic) bond motifs is 2. The maximum absolute atomic E-state index is 14.9. The van der Waals surface area contributed by atoms with Gasteiger partial charge in [-0.2, -0.15) is 13.2 Å². The van der Waals surface area contributed by atoms with E-state index in [9.17, 15) is 22.4 Å². The Labute approximate surface area is 188 Å². The zero-order valence-electron chi connectivity index (χ0n) is 17.3. The molecule has 1 aromatic heterocycles. The molecule has 1 amide bonds. The molecule has 3 N–H and O–H groups in total. The molecule has 0 unspecified atom stereocenters. The number of nitrogens with zero attached hydrogens (tertiary/aromatic N) is 1. The van der Waals surface area contributed by atoms with Crippen molar-refractivity contribution in [2.75, 3.05) is 12.1 Å². The lowest BCUT2D eigenvalue weighted by molar-refractivity contribution is -0.192. The Kier molecular flexibility index (Phi) is 5.73. The number of carbonyl (C=O) groups is 2. The second kappa shape index (κ2) is 8.54. The van der Waals surface area contributed by atoms with E-state index < -0.39 is 18.0 Å². The zero-order chi connectivity index (χ0) is 24.6. The summed E-state index contributed by atoms with van der Waals surface area (Å²) < 4.78 is 57.4. The lowest BCUT2D eigenvalue weighted by Crippen LogP contribution is -2.21. The van der Waals surface area contributed by atoms with E-state index in [-0.39, 0.29) is 12.7 Å². The number of ether oxygens (including phenoxy) is 2. The number of benzene rings is 2. The number of rotatable bonds is 2. The zero-order valence-corrected chi connectivity index (χ0v) is 17.3. The number of aromatic amines is 1. The number of aryl methyl sites for hydroxylation is 1. The summed E-state index contributed by atoms with van der Waals surface area (Å²) in [7, 11) is 0. The Morgan fingerprint density at radius 3 is 2.50 bits per heavy atom. The van der Waals surface area contributed by atoms with E-state index in [4.69, 9.17) is 19.4 Å². The third kappa shape index (κ3) is 4.29. The first-order valence-electron chi connectivity index (χ1n) is 9.62. The fraction of sp³-hybridized carbons (Fsp3) is 0.136. The van der Waals surface area contributed by atoms with Crippen LogP contribution in [-0.4, -0.2) is 39.9 Å². The molecule has 3 heterocycles. The quantitative estimate of drug-likeness (QED) is 0.373. The normalized spacial score (nSPS) is 15.0. The highest BCUT2D eigenvalue weighted by Gasteiger charge is 2.38. The van der Waals surface area contributed by atoms with Crippen LogP contribution in [0.15, 0.2) is 36.7 Å². The Hall–Kier alpha value is -4.35. The van der Waals surface area contributed by atoms with Gasteiger partial charge in [-0.15, -0.1) is 0 Å². The molecule has 8 nitrogen and oxygen atoms in total. The fourth-order valence-electron chi connectivity index (χ4n) is 3.39. The van der Waals surface area contributed by atoms with Gasteiger partial charge in [0.15, 0.2) is 11.5 Å². The molecule has 0 fully saturated rings. The summed E-state index contributed by atoms with van der Waals surface area (Å²) in [4.78, 5) is 28.7. The van der Waals surface area contributed by atoms with Gasteiger partial charge in [-0.1, -0.05) is 6.07 Å². The maximum Gasteiger partial charge on any atom is 0.490 e. The lowest BCUT2D eigenvalue weighted by Gasteiger charge is -2.11. The van der Waals surface area contributed by atoms with Crippen LogP contribution < -0.4 is 14.8 Å². The van der Waals surface area contributed by atoms with Crippen LogP contribution in [0, 0.1) is 12.7 Å². The Morgan fingerprint density at radius 2 is 1.85 bits per heavy atom. The topological polar surface area (TPSA) is 114 Å². The first-order valence-corrected chi connectivity index (χ1v) is 9.62. The van der Waals surface area contributed by atoms with E-state index in [0.717, 1.165) is 5.69 Å². The number of alkyl halides is 3. The number of imidazole rings is 1. The minimum Gasteiger partial charge on any atom is -0.475 e. The molecule has 0 saturated carbocycles. The van der Waals surface area contributed by atoms with Crippen molar-refractivity contribution in [1.29, 1.82) is 0 Å². The fourth-order valence-corrected chi connectivity index (χ4v) is 3.39. The molecule has 2 aliphatic heterocycles. The van der Waals surface area contributed by atoms with Crippen molar-refractivity contribution in [2.45, 2.75) is 13.1 Å². The number of carboxylic acids is 1. The molecule has 176 valence electrons. The third-order valence-electron chi connectivity index (χ3n) is 4.97. The maximum atomic E-state index is 14.9. The first-order chi connectivity index (χ1) is 16.1. The van der Waals surface area contributed by atoms with Crippen molar-refractivity contribution in [1.82, 2.24) is 9.97 Å². The molecule has 0 spiro atoms. The number of amides is 1. The summed E-state index contributed by atoms with van der Waals surface area (Å²) in [6.07, 6.45) is -1.86. The number of anilines is 1. The largest absolute Gasteiger partial charge is 0.490 e. The predicted octanol–water partition coefficient (Wildman–Crippen LogP) is 4.38. The van der Waals surface area contributed by atoms with Crippen molar-refractivity contribution < 1.29 is 41.7 Å². The molecule has 0 bridgehead atoms. The van der Waals surface area contributed by atoms with E-state index in [1.54, 1.807) is 36.7 Å². The number of halogens is 4. The Bertz CT molecular complexity index is 1330. The number of carbonyl (C=O) groups excluding carboxylic acids is 1. The monoisotopic (exact) mass is 477 g/mol. The van der Waals surface area contributed by atoms with Gasteiger partial charge in [-0.05, 0) is 42.8 Å². The predicted molar refractivity (Wildman–Crippen MR) is 111 cm³/mol. The first kappa shape index (κ1) is 22.8. The number of nitrogens with one attached hydrogen (secondary N) is 2. The van der Waals surface area contributed by atoms with Gasteiger partial charge in [0.05, 0.1) is 17.6 Å². The standard InChI is InChI=1S/C20H14FN3O3.C2HF3O2/c1-10-15(23-8-22-10)7-12-19-14(24-20(12)25)4-3-13(21)18(19)11-2-5-16-17(6-11)27-9-26-16;3-2(4,5)1(6)7/h2-8H,9H2,1H3,(H,22,23)(H,24,25);(H,6,7)/b12-7-;. The van der Waals surface area contributed by atoms with Gasteiger partial charge in [-0.25, -0.2) is 14.2 Å². The van der Waals surface area contributed by atoms with Crippen LogP contribution in [0.25, 0.3) is 22.8 Å². The number of hydrogen-bond donors (Lipinski definition) is 3. The average Bonchev–Trinajstić information content (AvgIpc) is 3.47. The highest BCUT2D eigenvalue weighted by molar-refractivity contribution is 6.36. The van der Waals surface area contributed by atoms with Crippen LogP contribution in [0.1, 0.15) is 17.0 Å². The van der Waals surface area contributed by atoms with Crippen LogP contribution >= 0.6 is 0 Å². The van der Waals surface area contributed by atoms with Crippen LogP contribution in [0.5, 0.6) is 11.5 Å². The van der Waals surface area contributed by atoms with Gasteiger partial charge >= 0.3 is 12.1 Å². The summed E-state index contributed by atoms with van der Waals surface area (Å²) >= 11 is 0. The van der Waals surface area contributed by atoms with Crippen LogP contribution in [0.4, 0.5) is 23.2 Å². The van der Waals surface area contributed by atoms with Crippen molar-refractivity contribution >= 4 is 29.2 Å². The highest BCUT2D eigenvalue weighted by atomic mass is 19.4. The Morgan fingerprint density at radius 1 is 1.15 bits per heavy atom. The molecule has 0 atom stereocenters. The number of H-pyrrole nitrogens is 1. The van der Waals surface area contributed by atoms with Crippen molar-refractivity contribution in [3.63, 3.8) is 0 Å².